The first-order valence-electron chi connectivity index (χ1n) is 6.31. The third-order valence-electron chi connectivity index (χ3n) is 3.12. The molecule has 1 amide bonds. The van der Waals surface area contributed by atoms with Gasteiger partial charge in [-0.25, -0.2) is 0 Å². The minimum Gasteiger partial charge on any atom is -0.340 e. The molecule has 0 unspecified atom stereocenters. The smallest absolute Gasteiger partial charge is 0.223 e. The second-order valence-electron chi connectivity index (χ2n) is 5.00. The summed E-state index contributed by atoms with van der Waals surface area (Å²) in [6, 6.07) is 2.71. The van der Waals surface area contributed by atoms with Gasteiger partial charge in [0, 0.05) is 41.9 Å². The number of piperazine rings is 1. The van der Waals surface area contributed by atoms with Gasteiger partial charge in [0.25, 0.3) is 0 Å². The predicted molar refractivity (Wildman–Crippen MR) is 76.3 cm³/mol. The molecule has 1 N–H and O–H groups in total. The summed E-state index contributed by atoms with van der Waals surface area (Å²) >= 11 is 7.49. The zero-order valence-corrected chi connectivity index (χ0v) is 12.4. The summed E-state index contributed by atoms with van der Waals surface area (Å²) in [5.74, 6) is 0.250. The maximum absolute atomic E-state index is 12.1. The van der Waals surface area contributed by atoms with Crippen molar-refractivity contribution in [2.45, 2.75) is 38.8 Å². The van der Waals surface area contributed by atoms with Crippen molar-refractivity contribution in [3.63, 3.8) is 0 Å². The van der Waals surface area contributed by atoms with Crippen LogP contribution in [0.4, 0.5) is 0 Å². The molecule has 1 aliphatic rings. The van der Waals surface area contributed by atoms with Gasteiger partial charge in [0.05, 0.1) is 5.02 Å². The van der Waals surface area contributed by atoms with Crippen LogP contribution in [0.15, 0.2) is 11.4 Å². The lowest BCUT2D eigenvalue weighted by atomic mass is 10.1. The standard InChI is InChI=1S/C13H19ClN2OS/c1-9-6-16(7-10(2)15-9)13(17)4-3-12-5-11(14)8-18-12/h5,8-10,15H,3-4,6-7H2,1-2H3/t9-,10-/m0/s1. The highest BCUT2D eigenvalue weighted by Crippen LogP contribution is 2.20. The number of hydrogen-bond acceptors (Lipinski definition) is 3. The molecular formula is C13H19ClN2OS. The molecule has 2 heterocycles. The normalized spacial score (nSPS) is 24.3. The summed E-state index contributed by atoms with van der Waals surface area (Å²) in [5.41, 5.74) is 0. The second kappa shape index (κ2) is 6.04. The molecule has 2 atom stereocenters. The lowest BCUT2D eigenvalue weighted by molar-refractivity contribution is -0.132. The van der Waals surface area contributed by atoms with Gasteiger partial charge in [0.1, 0.15) is 0 Å². The van der Waals surface area contributed by atoms with Crippen molar-refractivity contribution >= 4 is 28.8 Å². The number of thiophene rings is 1. The number of amides is 1. The van der Waals surface area contributed by atoms with Crippen molar-refractivity contribution in [1.82, 2.24) is 10.2 Å². The topological polar surface area (TPSA) is 32.3 Å². The Morgan fingerprint density at radius 2 is 2.17 bits per heavy atom. The first-order chi connectivity index (χ1) is 8.54. The lowest BCUT2D eigenvalue weighted by Gasteiger charge is -2.36. The maximum atomic E-state index is 12.1. The third-order valence-corrected chi connectivity index (χ3v) is 4.46. The van der Waals surface area contributed by atoms with E-state index in [1.165, 1.54) is 4.88 Å². The molecule has 1 fully saturated rings. The Hall–Kier alpha value is -0.580. The lowest BCUT2D eigenvalue weighted by Crippen LogP contribution is -2.55. The van der Waals surface area contributed by atoms with E-state index in [0.717, 1.165) is 24.5 Å². The van der Waals surface area contributed by atoms with Crippen molar-refractivity contribution in [3.05, 3.63) is 21.3 Å². The highest BCUT2D eigenvalue weighted by Gasteiger charge is 2.24. The van der Waals surface area contributed by atoms with Gasteiger partial charge in [-0.15, -0.1) is 11.3 Å². The molecule has 18 heavy (non-hydrogen) atoms. The molecule has 1 aromatic heterocycles. The van der Waals surface area contributed by atoms with Crippen molar-refractivity contribution in [2.75, 3.05) is 13.1 Å². The Bertz CT molecular complexity index is 411. The number of carbonyl (C=O) groups is 1. The van der Waals surface area contributed by atoms with E-state index in [1.54, 1.807) is 11.3 Å². The van der Waals surface area contributed by atoms with Gasteiger partial charge in [-0.1, -0.05) is 11.6 Å². The van der Waals surface area contributed by atoms with Crippen molar-refractivity contribution < 1.29 is 4.79 Å². The van der Waals surface area contributed by atoms with Crippen LogP contribution in [-0.2, 0) is 11.2 Å². The van der Waals surface area contributed by atoms with Crippen LogP contribution < -0.4 is 5.32 Å². The monoisotopic (exact) mass is 286 g/mol. The zero-order chi connectivity index (χ0) is 13.1. The number of nitrogens with one attached hydrogen (secondary N) is 1. The zero-order valence-electron chi connectivity index (χ0n) is 10.8. The van der Waals surface area contributed by atoms with Crippen LogP contribution in [0.25, 0.3) is 0 Å². The van der Waals surface area contributed by atoms with E-state index in [2.05, 4.69) is 19.2 Å². The SMILES string of the molecule is C[C@H]1CN(C(=O)CCc2cc(Cl)cs2)C[C@H](C)N1. The van der Waals surface area contributed by atoms with E-state index in [9.17, 15) is 4.79 Å². The van der Waals surface area contributed by atoms with Gasteiger partial charge in [-0.2, -0.15) is 0 Å². The van der Waals surface area contributed by atoms with Crippen LogP contribution in [0.5, 0.6) is 0 Å². The molecular weight excluding hydrogens is 268 g/mol. The Kier molecular flexibility index (Phi) is 4.65. The van der Waals surface area contributed by atoms with Crippen LogP contribution >= 0.6 is 22.9 Å². The quantitative estimate of drug-likeness (QED) is 0.926. The highest BCUT2D eigenvalue weighted by molar-refractivity contribution is 7.10. The number of rotatable bonds is 3. The summed E-state index contributed by atoms with van der Waals surface area (Å²) in [6.45, 7) is 5.87. The van der Waals surface area contributed by atoms with Crippen LogP contribution in [0.2, 0.25) is 5.02 Å². The van der Waals surface area contributed by atoms with Crippen molar-refractivity contribution in [2.24, 2.45) is 0 Å². The number of aryl methyl sites for hydroxylation is 1. The van der Waals surface area contributed by atoms with E-state index < -0.39 is 0 Å². The van der Waals surface area contributed by atoms with Crippen LogP contribution in [0.1, 0.15) is 25.1 Å². The maximum Gasteiger partial charge on any atom is 0.223 e. The van der Waals surface area contributed by atoms with Crippen molar-refractivity contribution in [1.29, 1.82) is 0 Å². The molecule has 0 aliphatic carbocycles. The van der Waals surface area contributed by atoms with E-state index in [0.29, 0.717) is 18.5 Å². The molecule has 0 saturated carbocycles. The minimum atomic E-state index is 0.250. The molecule has 1 aromatic rings. The second-order valence-corrected chi connectivity index (χ2v) is 6.43. The number of nitrogens with zero attached hydrogens (tertiary/aromatic N) is 1. The molecule has 5 heteroatoms. The first kappa shape index (κ1) is 13.8. The predicted octanol–water partition coefficient (Wildman–Crippen LogP) is 2.54. The Morgan fingerprint density at radius 1 is 1.50 bits per heavy atom. The fourth-order valence-corrected chi connectivity index (χ4v) is 3.48. The molecule has 1 aliphatic heterocycles. The Labute approximate surface area is 117 Å². The molecule has 0 radical (unpaired) electrons. The largest absolute Gasteiger partial charge is 0.340 e. The van der Waals surface area contributed by atoms with E-state index in [-0.39, 0.29) is 5.91 Å². The molecule has 2 rings (SSSR count). The molecule has 3 nitrogen and oxygen atoms in total. The van der Waals surface area contributed by atoms with E-state index in [1.807, 2.05) is 16.3 Å². The Morgan fingerprint density at radius 3 is 2.72 bits per heavy atom. The van der Waals surface area contributed by atoms with Gasteiger partial charge in [-0.05, 0) is 26.3 Å². The Balaban J connectivity index is 1.84. The number of hydrogen-bond donors (Lipinski definition) is 1. The van der Waals surface area contributed by atoms with E-state index in [4.69, 9.17) is 11.6 Å². The van der Waals surface area contributed by atoms with Gasteiger partial charge < -0.3 is 10.2 Å². The average Bonchev–Trinajstić information content (AvgIpc) is 2.70. The van der Waals surface area contributed by atoms with Gasteiger partial charge in [-0.3, -0.25) is 4.79 Å². The summed E-state index contributed by atoms with van der Waals surface area (Å²) < 4.78 is 0. The minimum absolute atomic E-state index is 0.250. The van der Waals surface area contributed by atoms with Crippen LogP contribution in [0, 0.1) is 0 Å². The molecule has 0 aromatic carbocycles. The van der Waals surface area contributed by atoms with Gasteiger partial charge in [0.2, 0.25) is 5.91 Å². The number of carbonyl (C=O) groups excluding carboxylic acids is 1. The van der Waals surface area contributed by atoms with Gasteiger partial charge in [0.15, 0.2) is 0 Å². The number of halogens is 1. The van der Waals surface area contributed by atoms with Crippen LogP contribution in [0.3, 0.4) is 0 Å². The highest BCUT2D eigenvalue weighted by atomic mass is 35.5. The molecule has 1 saturated heterocycles. The summed E-state index contributed by atoms with van der Waals surface area (Å²) in [6.07, 6.45) is 1.37. The molecule has 100 valence electrons. The third kappa shape index (κ3) is 3.70. The summed E-state index contributed by atoms with van der Waals surface area (Å²) in [7, 11) is 0. The molecule has 0 bridgehead atoms. The van der Waals surface area contributed by atoms with Gasteiger partial charge >= 0.3 is 0 Å². The first-order valence-corrected chi connectivity index (χ1v) is 7.57. The van der Waals surface area contributed by atoms with Crippen molar-refractivity contribution in [3.8, 4) is 0 Å². The van der Waals surface area contributed by atoms with E-state index >= 15 is 0 Å². The van der Waals surface area contributed by atoms with Crippen LogP contribution in [-0.4, -0.2) is 36.0 Å². The fourth-order valence-electron chi connectivity index (χ4n) is 2.40. The summed E-state index contributed by atoms with van der Waals surface area (Å²) in [5, 5.41) is 6.12. The fraction of sp³-hybridized carbons (Fsp3) is 0.615. The average molecular weight is 287 g/mol. The summed E-state index contributed by atoms with van der Waals surface area (Å²) in [4.78, 5) is 15.3. The molecule has 0 spiro atoms.